The van der Waals surface area contributed by atoms with Gasteiger partial charge in [0.15, 0.2) is 0 Å². The Morgan fingerprint density at radius 2 is 1.85 bits per heavy atom. The van der Waals surface area contributed by atoms with E-state index in [9.17, 15) is 18.0 Å². The molecule has 2 aromatic heterocycles. The van der Waals surface area contributed by atoms with E-state index in [1.54, 1.807) is 35.5 Å². The number of benzene rings is 1. The fourth-order valence-corrected chi connectivity index (χ4v) is 6.20. The van der Waals surface area contributed by atoms with Gasteiger partial charge in [0.05, 0.1) is 20.7 Å². The molecule has 4 rings (SSSR count). The van der Waals surface area contributed by atoms with Crippen LogP contribution in [0.2, 0.25) is 0 Å². The molecule has 0 unspecified atom stereocenters. The Kier molecular flexibility index (Phi) is 4.66. The number of thiazole rings is 1. The molecule has 1 fully saturated rings. The van der Waals surface area contributed by atoms with Crippen molar-refractivity contribution in [3.63, 3.8) is 0 Å². The summed E-state index contributed by atoms with van der Waals surface area (Å²) in [6.45, 7) is 1.21. The number of amides is 1. The van der Waals surface area contributed by atoms with E-state index in [0.717, 1.165) is 16.9 Å². The second kappa shape index (κ2) is 6.86. The summed E-state index contributed by atoms with van der Waals surface area (Å²) in [5, 5.41) is 3.65. The van der Waals surface area contributed by atoms with E-state index in [4.69, 9.17) is 0 Å². The zero-order valence-electron chi connectivity index (χ0n) is 14.5. The van der Waals surface area contributed by atoms with Crippen LogP contribution in [0, 0.1) is 0 Å². The maximum absolute atomic E-state index is 13.0. The summed E-state index contributed by atoms with van der Waals surface area (Å²) in [7, 11) is -2.00. The molecule has 1 saturated heterocycles. The second-order valence-electron chi connectivity index (χ2n) is 6.26. The number of carbonyl (C=O) groups excluding carboxylic acids is 1. The average Bonchev–Trinajstić information content (AvgIpc) is 3.30. The average molecular weight is 424 g/mol. The summed E-state index contributed by atoms with van der Waals surface area (Å²) in [6, 6.07) is 6.53. The van der Waals surface area contributed by atoms with E-state index in [1.165, 1.54) is 26.3 Å². The van der Waals surface area contributed by atoms with Gasteiger partial charge in [0.25, 0.3) is 5.91 Å². The Bertz CT molecular complexity index is 1150. The first-order valence-corrected chi connectivity index (χ1v) is 11.5. The first-order valence-electron chi connectivity index (χ1n) is 8.29. The van der Waals surface area contributed by atoms with E-state index >= 15 is 0 Å². The number of sulfonamides is 1. The zero-order chi connectivity index (χ0) is 19.2. The van der Waals surface area contributed by atoms with Crippen LogP contribution < -0.4 is 4.87 Å². The molecule has 0 bridgehead atoms. The predicted molar refractivity (Wildman–Crippen MR) is 106 cm³/mol. The quantitative estimate of drug-likeness (QED) is 0.644. The number of hydrogen-bond acceptors (Lipinski definition) is 6. The van der Waals surface area contributed by atoms with Gasteiger partial charge in [-0.05, 0) is 29.6 Å². The van der Waals surface area contributed by atoms with Gasteiger partial charge >= 0.3 is 4.87 Å². The topological polar surface area (TPSA) is 79.7 Å². The molecule has 0 radical (unpaired) electrons. The van der Waals surface area contributed by atoms with Gasteiger partial charge in [-0.3, -0.25) is 9.59 Å². The van der Waals surface area contributed by atoms with Crippen LogP contribution in [0.3, 0.4) is 0 Å². The maximum atomic E-state index is 13.0. The smallest absolute Gasteiger partial charge is 0.307 e. The van der Waals surface area contributed by atoms with Gasteiger partial charge < -0.3 is 9.47 Å². The number of aryl methyl sites for hydroxylation is 1. The molecule has 7 nitrogen and oxygen atoms in total. The summed E-state index contributed by atoms with van der Waals surface area (Å²) >= 11 is 2.49. The lowest BCUT2D eigenvalue weighted by Crippen LogP contribution is -2.50. The minimum atomic E-state index is -3.67. The van der Waals surface area contributed by atoms with Crippen LogP contribution in [0.5, 0.6) is 0 Å². The molecular formula is C17H17N3O4S3. The Morgan fingerprint density at radius 1 is 1.11 bits per heavy atom. The molecule has 0 N–H and O–H groups in total. The van der Waals surface area contributed by atoms with Gasteiger partial charge in [0, 0.05) is 38.6 Å². The standard InChI is InChI=1S/C17H17N3O4S3/c1-18-14-3-2-13(10-15(14)26-17(18)22)27(23,24)20-7-5-19(6-8-20)16(21)12-4-9-25-11-12/h2-4,9-11H,5-8H2,1H3. The van der Waals surface area contributed by atoms with Gasteiger partial charge in [-0.15, -0.1) is 0 Å². The van der Waals surface area contributed by atoms with E-state index in [2.05, 4.69) is 0 Å². The molecule has 0 spiro atoms. The van der Waals surface area contributed by atoms with Crippen LogP contribution in [0.4, 0.5) is 0 Å². The van der Waals surface area contributed by atoms with Crippen molar-refractivity contribution in [3.05, 3.63) is 50.3 Å². The lowest BCUT2D eigenvalue weighted by Gasteiger charge is -2.33. The van der Waals surface area contributed by atoms with Crippen molar-refractivity contribution >= 4 is 48.8 Å². The number of carbonyl (C=O) groups is 1. The molecule has 27 heavy (non-hydrogen) atoms. The predicted octanol–water partition coefficient (Wildman–Crippen LogP) is 1.81. The van der Waals surface area contributed by atoms with Crippen molar-refractivity contribution in [1.82, 2.24) is 13.8 Å². The molecule has 0 aliphatic carbocycles. The molecule has 142 valence electrons. The summed E-state index contributed by atoms with van der Waals surface area (Å²) in [6.07, 6.45) is 0. The van der Waals surface area contributed by atoms with Crippen molar-refractivity contribution in [3.8, 4) is 0 Å². The summed E-state index contributed by atoms with van der Waals surface area (Å²) in [4.78, 5) is 25.9. The Hall–Kier alpha value is -2.01. The van der Waals surface area contributed by atoms with Crippen LogP contribution in [-0.4, -0.2) is 54.3 Å². The summed E-state index contributed by atoms with van der Waals surface area (Å²) in [5.74, 6) is -0.0659. The second-order valence-corrected chi connectivity index (χ2v) is 9.98. The molecular weight excluding hydrogens is 406 g/mol. The maximum Gasteiger partial charge on any atom is 0.307 e. The van der Waals surface area contributed by atoms with Crippen molar-refractivity contribution in [2.24, 2.45) is 7.05 Å². The molecule has 3 aromatic rings. The van der Waals surface area contributed by atoms with Crippen LogP contribution in [0.15, 0.2) is 44.7 Å². The molecule has 1 aliphatic heterocycles. The molecule has 1 aromatic carbocycles. The summed E-state index contributed by atoms with van der Waals surface area (Å²) in [5.41, 5.74) is 1.36. The minimum Gasteiger partial charge on any atom is -0.336 e. The highest BCUT2D eigenvalue weighted by Gasteiger charge is 2.30. The number of nitrogens with zero attached hydrogens (tertiary/aromatic N) is 3. The number of thiophene rings is 1. The molecule has 1 amide bonds. The Balaban J connectivity index is 1.53. The SMILES string of the molecule is Cn1c(=O)sc2cc(S(=O)(=O)N3CCN(C(=O)c4ccsc4)CC3)ccc21. The van der Waals surface area contributed by atoms with Gasteiger partial charge in [0.2, 0.25) is 10.0 Å². The summed E-state index contributed by atoms with van der Waals surface area (Å²) < 4.78 is 29.5. The molecule has 3 heterocycles. The van der Waals surface area contributed by atoms with Crippen LogP contribution in [0.25, 0.3) is 10.2 Å². The van der Waals surface area contributed by atoms with E-state index in [-0.39, 0.29) is 28.8 Å². The van der Waals surface area contributed by atoms with E-state index < -0.39 is 10.0 Å². The normalized spacial score (nSPS) is 16.1. The Morgan fingerprint density at radius 3 is 2.52 bits per heavy atom. The van der Waals surface area contributed by atoms with Gasteiger partial charge in [-0.25, -0.2) is 8.42 Å². The largest absolute Gasteiger partial charge is 0.336 e. The third-order valence-electron chi connectivity index (χ3n) is 4.70. The van der Waals surface area contributed by atoms with Gasteiger partial charge in [-0.1, -0.05) is 11.3 Å². The van der Waals surface area contributed by atoms with Crippen LogP contribution in [0.1, 0.15) is 10.4 Å². The van der Waals surface area contributed by atoms with Crippen molar-refractivity contribution in [2.45, 2.75) is 4.90 Å². The molecule has 10 heteroatoms. The minimum absolute atomic E-state index is 0.0659. The number of hydrogen-bond donors (Lipinski definition) is 0. The first kappa shape index (κ1) is 18.4. The van der Waals surface area contributed by atoms with Crippen LogP contribution in [-0.2, 0) is 17.1 Å². The number of aromatic nitrogens is 1. The molecule has 0 saturated carbocycles. The monoisotopic (exact) mass is 423 g/mol. The van der Waals surface area contributed by atoms with Gasteiger partial charge in [0.1, 0.15) is 0 Å². The zero-order valence-corrected chi connectivity index (χ0v) is 16.9. The highest BCUT2D eigenvalue weighted by molar-refractivity contribution is 7.89. The number of fused-ring (bicyclic) bond motifs is 1. The molecule has 1 aliphatic rings. The number of rotatable bonds is 3. The van der Waals surface area contributed by atoms with Crippen molar-refractivity contribution < 1.29 is 13.2 Å². The van der Waals surface area contributed by atoms with E-state index in [1.807, 2.05) is 5.38 Å². The third-order valence-corrected chi connectivity index (χ3v) is 8.27. The number of piperazine rings is 1. The molecule has 0 atom stereocenters. The highest BCUT2D eigenvalue weighted by Crippen LogP contribution is 2.24. The third kappa shape index (κ3) is 3.22. The van der Waals surface area contributed by atoms with Crippen molar-refractivity contribution in [2.75, 3.05) is 26.2 Å². The highest BCUT2D eigenvalue weighted by atomic mass is 32.2. The lowest BCUT2D eigenvalue weighted by molar-refractivity contribution is 0.0698. The Labute approximate surface area is 164 Å². The van der Waals surface area contributed by atoms with Gasteiger partial charge in [-0.2, -0.15) is 15.6 Å². The fraction of sp³-hybridized carbons (Fsp3) is 0.294. The van der Waals surface area contributed by atoms with Crippen LogP contribution >= 0.6 is 22.7 Å². The fourth-order valence-electron chi connectivity index (χ4n) is 3.12. The van der Waals surface area contributed by atoms with E-state index in [0.29, 0.717) is 23.4 Å². The first-order chi connectivity index (χ1) is 12.9. The lowest BCUT2D eigenvalue weighted by atomic mass is 10.2. The van der Waals surface area contributed by atoms with Crippen molar-refractivity contribution in [1.29, 1.82) is 0 Å².